The molecular formula is C6H3F3NNaO2S. The molecule has 0 saturated heterocycles. The zero-order valence-electron chi connectivity index (χ0n) is 7.04. The van der Waals surface area contributed by atoms with Gasteiger partial charge in [-0.15, -0.1) is 0 Å². The van der Waals surface area contributed by atoms with Gasteiger partial charge in [0.1, 0.15) is 0 Å². The predicted molar refractivity (Wildman–Crippen MR) is 36.4 cm³/mol. The molecule has 0 N–H and O–H groups in total. The number of hydrogen-bond donors (Lipinski definition) is 0. The van der Waals surface area contributed by atoms with Gasteiger partial charge in [-0.25, -0.2) is 0 Å². The quantitative estimate of drug-likeness (QED) is 0.431. The van der Waals surface area contributed by atoms with Crippen LogP contribution in [-0.2, 0) is 17.3 Å². The minimum Gasteiger partial charge on any atom is -0.768 e. The molecule has 8 heteroatoms. The van der Waals surface area contributed by atoms with Gasteiger partial charge in [-0.2, -0.15) is 13.2 Å². The van der Waals surface area contributed by atoms with E-state index in [2.05, 4.69) is 4.98 Å². The standard InChI is InChI=1S/C6H4F3NO2S.Na/c7-6(8,9)5-4(13(11)12)2-1-3-10-5;/h1-3H,(H,11,12);/q;+1/p-1. The Morgan fingerprint density at radius 2 is 2.00 bits per heavy atom. The van der Waals surface area contributed by atoms with Crippen molar-refractivity contribution >= 4 is 11.1 Å². The molecule has 1 heterocycles. The van der Waals surface area contributed by atoms with E-state index < -0.39 is 27.8 Å². The summed E-state index contributed by atoms with van der Waals surface area (Å²) in [5, 5.41) is 0. The van der Waals surface area contributed by atoms with Crippen LogP contribution >= 0.6 is 0 Å². The van der Waals surface area contributed by atoms with Crippen LogP contribution in [0.25, 0.3) is 0 Å². The van der Waals surface area contributed by atoms with E-state index >= 15 is 0 Å². The first kappa shape index (κ1) is 14.1. The summed E-state index contributed by atoms with van der Waals surface area (Å²) < 4.78 is 56.9. The fourth-order valence-electron chi connectivity index (χ4n) is 0.738. The van der Waals surface area contributed by atoms with Gasteiger partial charge in [-0.3, -0.25) is 9.19 Å². The van der Waals surface area contributed by atoms with Crippen LogP contribution in [0, 0.1) is 0 Å². The summed E-state index contributed by atoms with van der Waals surface area (Å²) in [6.07, 6.45) is -3.85. The predicted octanol–water partition coefficient (Wildman–Crippen LogP) is -1.66. The Bertz CT molecular complexity index is 344. The van der Waals surface area contributed by atoms with Crippen molar-refractivity contribution in [3.8, 4) is 0 Å². The van der Waals surface area contributed by atoms with Gasteiger partial charge in [-0.05, 0) is 23.2 Å². The third-order valence-electron chi connectivity index (χ3n) is 1.22. The summed E-state index contributed by atoms with van der Waals surface area (Å²) in [6.45, 7) is 0. The maximum Gasteiger partial charge on any atom is 1.00 e. The topological polar surface area (TPSA) is 53.0 Å². The summed E-state index contributed by atoms with van der Waals surface area (Å²) in [6, 6.07) is 1.97. The van der Waals surface area contributed by atoms with Crippen molar-refractivity contribution in [1.29, 1.82) is 0 Å². The molecule has 1 aromatic heterocycles. The second kappa shape index (κ2) is 5.22. The maximum atomic E-state index is 12.1. The molecule has 72 valence electrons. The Morgan fingerprint density at radius 1 is 1.43 bits per heavy atom. The number of aromatic nitrogens is 1. The van der Waals surface area contributed by atoms with E-state index in [-0.39, 0.29) is 29.6 Å². The van der Waals surface area contributed by atoms with E-state index in [4.69, 9.17) is 0 Å². The minimum atomic E-state index is -4.74. The van der Waals surface area contributed by atoms with Crippen LogP contribution in [-0.4, -0.2) is 13.7 Å². The van der Waals surface area contributed by atoms with Crippen LogP contribution in [0.2, 0.25) is 0 Å². The van der Waals surface area contributed by atoms with Crippen molar-refractivity contribution in [2.45, 2.75) is 11.1 Å². The number of rotatable bonds is 1. The van der Waals surface area contributed by atoms with Crippen LogP contribution < -0.4 is 29.6 Å². The molecule has 0 aromatic carbocycles. The van der Waals surface area contributed by atoms with Crippen molar-refractivity contribution in [2.24, 2.45) is 0 Å². The van der Waals surface area contributed by atoms with Crippen LogP contribution in [0.1, 0.15) is 5.69 Å². The molecule has 0 aliphatic rings. The fourth-order valence-corrected chi connectivity index (χ4v) is 1.25. The van der Waals surface area contributed by atoms with Gasteiger partial charge in [0.05, 0.1) is 4.90 Å². The summed E-state index contributed by atoms with van der Waals surface area (Å²) >= 11 is -2.92. The molecule has 1 atom stereocenters. The van der Waals surface area contributed by atoms with Gasteiger partial charge in [0.25, 0.3) is 0 Å². The van der Waals surface area contributed by atoms with Crippen LogP contribution in [0.15, 0.2) is 23.2 Å². The molecule has 1 aromatic rings. The summed E-state index contributed by atoms with van der Waals surface area (Å²) in [5.74, 6) is 0. The third kappa shape index (κ3) is 3.32. The Labute approximate surface area is 102 Å². The van der Waals surface area contributed by atoms with Gasteiger partial charge >= 0.3 is 35.7 Å². The van der Waals surface area contributed by atoms with Gasteiger partial charge < -0.3 is 4.55 Å². The van der Waals surface area contributed by atoms with E-state index in [1.165, 1.54) is 0 Å². The Morgan fingerprint density at radius 3 is 2.36 bits per heavy atom. The first-order chi connectivity index (χ1) is 5.93. The van der Waals surface area contributed by atoms with E-state index in [0.717, 1.165) is 18.3 Å². The van der Waals surface area contributed by atoms with Crippen molar-refractivity contribution < 1.29 is 51.5 Å². The normalized spacial score (nSPS) is 13.1. The Kier molecular flexibility index (Phi) is 5.24. The van der Waals surface area contributed by atoms with Crippen molar-refractivity contribution in [3.63, 3.8) is 0 Å². The van der Waals surface area contributed by atoms with Crippen LogP contribution in [0.5, 0.6) is 0 Å². The van der Waals surface area contributed by atoms with E-state index in [0.29, 0.717) is 0 Å². The second-order valence-corrected chi connectivity index (χ2v) is 2.99. The number of nitrogens with zero attached hydrogens (tertiary/aromatic N) is 1. The maximum absolute atomic E-state index is 12.1. The SMILES string of the molecule is O=S([O-])c1cccnc1C(F)(F)F.[Na+]. The second-order valence-electron chi connectivity index (χ2n) is 2.08. The summed E-state index contributed by atoms with van der Waals surface area (Å²) in [5.41, 5.74) is -1.39. The van der Waals surface area contributed by atoms with Gasteiger partial charge in [0.2, 0.25) is 0 Å². The molecule has 14 heavy (non-hydrogen) atoms. The van der Waals surface area contributed by atoms with Gasteiger partial charge in [0.15, 0.2) is 5.69 Å². The molecule has 0 bridgehead atoms. The number of hydrogen-bond acceptors (Lipinski definition) is 3. The average Bonchev–Trinajstić information content (AvgIpc) is 2.03. The third-order valence-corrected chi connectivity index (χ3v) is 1.91. The van der Waals surface area contributed by atoms with Gasteiger partial charge in [0, 0.05) is 6.20 Å². The molecule has 0 aliphatic heterocycles. The Hall–Kier alpha value is 0.0500. The molecule has 0 radical (unpaired) electrons. The van der Waals surface area contributed by atoms with Crippen LogP contribution in [0.3, 0.4) is 0 Å². The zero-order chi connectivity index (χ0) is 10.1. The number of halogens is 3. The molecular weight excluding hydrogens is 230 g/mol. The molecule has 0 spiro atoms. The number of alkyl halides is 3. The van der Waals surface area contributed by atoms with E-state index in [1.54, 1.807) is 0 Å². The smallest absolute Gasteiger partial charge is 0.768 e. The molecule has 0 fully saturated rings. The Balaban J connectivity index is 0.00000169. The zero-order valence-corrected chi connectivity index (χ0v) is 9.85. The largest absolute Gasteiger partial charge is 1.00 e. The molecule has 0 aliphatic carbocycles. The molecule has 1 rings (SSSR count). The fraction of sp³-hybridized carbons (Fsp3) is 0.167. The van der Waals surface area contributed by atoms with Crippen LogP contribution in [0.4, 0.5) is 13.2 Å². The molecule has 0 saturated carbocycles. The van der Waals surface area contributed by atoms with E-state index in [1.807, 2.05) is 0 Å². The first-order valence-corrected chi connectivity index (χ1v) is 4.12. The first-order valence-electron chi connectivity index (χ1n) is 3.04. The average molecular weight is 233 g/mol. The molecule has 0 amide bonds. The molecule has 1 unspecified atom stereocenters. The van der Waals surface area contributed by atoms with Crippen molar-refractivity contribution in [3.05, 3.63) is 24.0 Å². The molecule has 3 nitrogen and oxygen atoms in total. The minimum absolute atomic E-state index is 0. The summed E-state index contributed by atoms with van der Waals surface area (Å²) in [4.78, 5) is 2.12. The van der Waals surface area contributed by atoms with Crippen molar-refractivity contribution in [2.75, 3.05) is 0 Å². The monoisotopic (exact) mass is 233 g/mol. The van der Waals surface area contributed by atoms with Gasteiger partial charge in [-0.1, -0.05) is 0 Å². The number of pyridine rings is 1. The summed E-state index contributed by atoms with van der Waals surface area (Å²) in [7, 11) is 0. The van der Waals surface area contributed by atoms with E-state index in [9.17, 15) is 21.9 Å². The van der Waals surface area contributed by atoms with Crippen molar-refractivity contribution in [1.82, 2.24) is 4.98 Å².